The van der Waals surface area contributed by atoms with Gasteiger partial charge in [-0.15, -0.1) is 0 Å². The number of aromatic nitrogens is 2. The molecule has 1 aliphatic rings. The van der Waals surface area contributed by atoms with Crippen LogP contribution in [0, 0.1) is 0 Å². The lowest BCUT2D eigenvalue weighted by molar-refractivity contribution is 0.0573. The highest BCUT2D eigenvalue weighted by atomic mass is 35.5. The summed E-state index contributed by atoms with van der Waals surface area (Å²) in [5.41, 5.74) is 0.690. The first-order valence-corrected chi connectivity index (χ1v) is 8.63. The largest absolute Gasteiger partial charge is 0.464 e. The number of methoxy groups -OCH3 is 1. The Labute approximate surface area is 155 Å². The fourth-order valence-corrected chi connectivity index (χ4v) is 3.39. The molecule has 8 heteroatoms. The second-order valence-electron chi connectivity index (χ2n) is 5.78. The molecule has 3 heterocycles. The highest BCUT2D eigenvalue weighted by Gasteiger charge is 2.28. The maximum Gasteiger partial charge on any atom is 0.354 e. The van der Waals surface area contributed by atoms with Crippen molar-refractivity contribution in [2.24, 2.45) is 0 Å². The smallest absolute Gasteiger partial charge is 0.354 e. The Hall–Kier alpha value is -2.05. The van der Waals surface area contributed by atoms with Crippen LogP contribution in [-0.4, -0.2) is 46.5 Å². The predicted octanol–water partition coefficient (Wildman–Crippen LogP) is 3.45. The Morgan fingerprint density at radius 1 is 1.20 bits per heavy atom. The van der Waals surface area contributed by atoms with Gasteiger partial charge in [0, 0.05) is 25.3 Å². The van der Waals surface area contributed by atoms with Crippen LogP contribution in [0.4, 0.5) is 0 Å². The van der Waals surface area contributed by atoms with E-state index in [0.29, 0.717) is 18.8 Å². The maximum absolute atomic E-state index is 12.6. The van der Waals surface area contributed by atoms with Gasteiger partial charge in [-0.2, -0.15) is 0 Å². The zero-order valence-electron chi connectivity index (χ0n) is 13.6. The van der Waals surface area contributed by atoms with Crippen LogP contribution in [0.25, 0.3) is 0 Å². The minimum atomic E-state index is -0.363. The molecule has 2 aromatic rings. The van der Waals surface area contributed by atoms with Gasteiger partial charge in [-0.1, -0.05) is 23.2 Å². The number of piperidine rings is 1. The summed E-state index contributed by atoms with van der Waals surface area (Å²) < 4.78 is 6.72. The summed E-state index contributed by atoms with van der Waals surface area (Å²) in [6.07, 6.45) is 3.31. The Morgan fingerprint density at radius 2 is 1.92 bits per heavy atom. The second kappa shape index (κ2) is 7.45. The number of ether oxygens (including phenoxy) is 1. The van der Waals surface area contributed by atoms with Gasteiger partial charge >= 0.3 is 5.97 Å². The van der Waals surface area contributed by atoms with E-state index >= 15 is 0 Å². The highest BCUT2D eigenvalue weighted by molar-refractivity contribution is 6.34. The number of carbonyl (C=O) groups excluding carboxylic acids is 2. The van der Waals surface area contributed by atoms with E-state index in [-0.39, 0.29) is 33.8 Å². The van der Waals surface area contributed by atoms with Crippen LogP contribution < -0.4 is 0 Å². The van der Waals surface area contributed by atoms with Crippen LogP contribution >= 0.6 is 23.2 Å². The molecule has 0 saturated carbocycles. The fourth-order valence-electron chi connectivity index (χ4n) is 3.05. The first-order chi connectivity index (χ1) is 12.0. The van der Waals surface area contributed by atoms with Gasteiger partial charge in [0.1, 0.15) is 16.5 Å². The zero-order valence-corrected chi connectivity index (χ0v) is 15.1. The number of nitrogens with zero attached hydrogens (tertiary/aromatic N) is 3. The third-order valence-electron chi connectivity index (χ3n) is 4.33. The summed E-state index contributed by atoms with van der Waals surface area (Å²) in [6, 6.07) is 6.81. The van der Waals surface area contributed by atoms with Crippen molar-refractivity contribution in [2.75, 3.05) is 20.2 Å². The lowest BCUT2D eigenvalue weighted by atomic mass is 10.0. The van der Waals surface area contributed by atoms with Gasteiger partial charge in [0.2, 0.25) is 0 Å². The molecule has 1 saturated heterocycles. The molecule has 1 amide bonds. The molecule has 1 aliphatic heterocycles. The van der Waals surface area contributed by atoms with Crippen LogP contribution in [-0.2, 0) is 4.74 Å². The number of carbonyl (C=O) groups is 2. The first-order valence-electron chi connectivity index (χ1n) is 7.87. The Balaban J connectivity index is 1.70. The van der Waals surface area contributed by atoms with Crippen LogP contribution in [0.5, 0.6) is 0 Å². The molecule has 0 spiro atoms. The molecule has 3 rings (SSSR count). The summed E-state index contributed by atoms with van der Waals surface area (Å²) in [4.78, 5) is 30.2. The molecular weight excluding hydrogens is 365 g/mol. The first kappa shape index (κ1) is 17.8. The van der Waals surface area contributed by atoms with Crippen molar-refractivity contribution in [2.45, 2.75) is 18.9 Å². The molecular formula is C17H17Cl2N3O3. The van der Waals surface area contributed by atoms with E-state index in [4.69, 9.17) is 27.9 Å². The Bertz CT molecular complexity index is 798. The third kappa shape index (κ3) is 3.65. The molecule has 25 heavy (non-hydrogen) atoms. The number of hydrogen-bond donors (Lipinski definition) is 0. The van der Waals surface area contributed by atoms with E-state index in [9.17, 15) is 9.59 Å². The van der Waals surface area contributed by atoms with E-state index in [1.807, 2.05) is 16.8 Å². The van der Waals surface area contributed by atoms with Crippen LogP contribution in [0.15, 0.2) is 30.5 Å². The average Bonchev–Trinajstić information content (AvgIpc) is 3.12. The molecule has 0 bridgehead atoms. The van der Waals surface area contributed by atoms with Gasteiger partial charge < -0.3 is 14.2 Å². The molecule has 2 aromatic heterocycles. The van der Waals surface area contributed by atoms with Gasteiger partial charge in [0.05, 0.1) is 12.1 Å². The number of amides is 1. The summed E-state index contributed by atoms with van der Waals surface area (Å²) in [7, 11) is 1.36. The lowest BCUT2D eigenvalue weighted by Crippen LogP contribution is -2.39. The minimum Gasteiger partial charge on any atom is -0.464 e. The van der Waals surface area contributed by atoms with Crippen LogP contribution in [0.1, 0.15) is 39.9 Å². The molecule has 0 aliphatic carbocycles. The number of likely N-dealkylation sites (tertiary alicyclic amines) is 1. The van der Waals surface area contributed by atoms with Gasteiger partial charge in [0.15, 0.2) is 0 Å². The molecule has 132 valence electrons. The standard InChI is InChI=1S/C17H17Cl2N3O3/c1-25-17(24)13-3-2-8-22(13)11-6-9-21(10-7-11)16(23)15-12(18)4-5-14(19)20-15/h2-5,8,11H,6-7,9-10H2,1H3. The van der Waals surface area contributed by atoms with Crippen molar-refractivity contribution in [3.8, 4) is 0 Å². The van der Waals surface area contributed by atoms with Gasteiger partial charge in [0.25, 0.3) is 5.91 Å². The fraction of sp³-hybridized carbons (Fsp3) is 0.353. The molecule has 0 N–H and O–H groups in total. The average molecular weight is 382 g/mol. The molecule has 0 unspecified atom stereocenters. The lowest BCUT2D eigenvalue weighted by Gasteiger charge is -2.33. The van der Waals surface area contributed by atoms with Crippen molar-refractivity contribution in [1.82, 2.24) is 14.5 Å². The monoisotopic (exact) mass is 381 g/mol. The normalized spacial score (nSPS) is 15.2. The van der Waals surface area contributed by atoms with E-state index in [0.717, 1.165) is 12.8 Å². The van der Waals surface area contributed by atoms with Crippen molar-refractivity contribution in [1.29, 1.82) is 0 Å². The van der Waals surface area contributed by atoms with Gasteiger partial charge in [-0.3, -0.25) is 4.79 Å². The van der Waals surface area contributed by atoms with Crippen molar-refractivity contribution in [3.63, 3.8) is 0 Å². The van der Waals surface area contributed by atoms with Crippen LogP contribution in [0.3, 0.4) is 0 Å². The van der Waals surface area contributed by atoms with E-state index < -0.39 is 0 Å². The van der Waals surface area contributed by atoms with E-state index in [1.165, 1.54) is 7.11 Å². The van der Waals surface area contributed by atoms with E-state index in [2.05, 4.69) is 4.98 Å². The highest BCUT2D eigenvalue weighted by Crippen LogP contribution is 2.27. The molecule has 0 aromatic carbocycles. The summed E-state index contributed by atoms with van der Waals surface area (Å²) in [5.74, 6) is -0.593. The van der Waals surface area contributed by atoms with E-state index in [1.54, 1.807) is 23.1 Å². The van der Waals surface area contributed by atoms with Gasteiger partial charge in [-0.25, -0.2) is 9.78 Å². The second-order valence-corrected chi connectivity index (χ2v) is 6.57. The van der Waals surface area contributed by atoms with Crippen molar-refractivity contribution in [3.05, 3.63) is 52.0 Å². The number of halogens is 2. The number of esters is 1. The SMILES string of the molecule is COC(=O)c1cccn1C1CCN(C(=O)c2nc(Cl)ccc2Cl)CC1. The van der Waals surface area contributed by atoms with Crippen molar-refractivity contribution < 1.29 is 14.3 Å². The van der Waals surface area contributed by atoms with Gasteiger partial charge in [-0.05, 0) is 37.1 Å². The topological polar surface area (TPSA) is 64.4 Å². The summed E-state index contributed by atoms with van der Waals surface area (Å²) >= 11 is 11.9. The number of rotatable bonds is 3. The quantitative estimate of drug-likeness (QED) is 0.603. The molecule has 0 radical (unpaired) electrons. The summed E-state index contributed by atoms with van der Waals surface area (Å²) in [6.45, 7) is 1.10. The molecule has 0 atom stereocenters. The Morgan fingerprint density at radius 3 is 2.60 bits per heavy atom. The third-order valence-corrected chi connectivity index (χ3v) is 4.85. The van der Waals surface area contributed by atoms with Crippen molar-refractivity contribution >= 4 is 35.1 Å². The molecule has 6 nitrogen and oxygen atoms in total. The van der Waals surface area contributed by atoms with Crippen LogP contribution in [0.2, 0.25) is 10.2 Å². The number of hydrogen-bond acceptors (Lipinski definition) is 4. The zero-order chi connectivity index (χ0) is 18.0. The predicted molar refractivity (Wildman–Crippen MR) is 94.2 cm³/mol. The minimum absolute atomic E-state index is 0.135. The Kier molecular flexibility index (Phi) is 5.30. The maximum atomic E-state index is 12.6. The number of pyridine rings is 1. The molecule has 1 fully saturated rings. The summed E-state index contributed by atoms with van der Waals surface area (Å²) in [5, 5.41) is 0.521.